The molecule has 0 aliphatic carbocycles. The normalized spacial score (nSPS) is 14.2. The van der Waals surface area contributed by atoms with Crippen LogP contribution in [0.5, 0.6) is 11.5 Å². The van der Waals surface area contributed by atoms with Gasteiger partial charge in [-0.05, 0) is 49.8 Å². The number of carbonyl (C=O) groups excluding carboxylic acids is 3. The molecule has 0 aromatic heterocycles. The first-order valence-electron chi connectivity index (χ1n) is 13.7. The zero-order valence-electron chi connectivity index (χ0n) is 24.9. The smallest absolute Gasteiger partial charge is 0.344 e. The van der Waals surface area contributed by atoms with Crippen molar-refractivity contribution in [1.82, 2.24) is 9.80 Å². The summed E-state index contributed by atoms with van der Waals surface area (Å²) in [4.78, 5) is 52.5. The van der Waals surface area contributed by atoms with Crippen molar-refractivity contribution in [2.45, 2.75) is 18.6 Å². The zero-order valence-corrected chi connectivity index (χ0v) is 25.7. The Kier molecular flexibility index (Phi) is 13.0. The highest BCUT2D eigenvalue weighted by Crippen LogP contribution is 2.28. The van der Waals surface area contributed by atoms with Gasteiger partial charge in [0.15, 0.2) is 18.1 Å². The van der Waals surface area contributed by atoms with Crippen molar-refractivity contribution in [3.05, 3.63) is 64.6 Å². The zero-order chi connectivity index (χ0) is 31.2. The monoisotopic (exact) mass is 614 g/mol. The van der Waals surface area contributed by atoms with Crippen LogP contribution >= 0.6 is 11.9 Å². The number of piperazine rings is 1. The van der Waals surface area contributed by atoms with E-state index >= 15 is 0 Å². The predicted molar refractivity (Wildman–Crippen MR) is 165 cm³/mol. The molecular formula is C30H38N4O8S. The summed E-state index contributed by atoms with van der Waals surface area (Å²) >= 11 is 1.05. The van der Waals surface area contributed by atoms with Crippen LogP contribution in [0.2, 0.25) is 0 Å². The van der Waals surface area contributed by atoms with E-state index in [1.807, 2.05) is 13.8 Å². The average molecular weight is 615 g/mol. The molecule has 3 rings (SSSR count). The highest BCUT2D eigenvalue weighted by Gasteiger charge is 2.26. The van der Waals surface area contributed by atoms with Gasteiger partial charge in [-0.25, -0.2) is 9.59 Å². The van der Waals surface area contributed by atoms with Crippen molar-refractivity contribution in [3.63, 3.8) is 0 Å². The van der Waals surface area contributed by atoms with Crippen LogP contribution in [0, 0.1) is 4.91 Å². The number of nitroso groups, excluding NO2 is 1. The van der Waals surface area contributed by atoms with Gasteiger partial charge in [0.1, 0.15) is 6.61 Å². The Morgan fingerprint density at radius 3 is 2.37 bits per heavy atom. The van der Waals surface area contributed by atoms with E-state index in [-0.39, 0.29) is 22.6 Å². The van der Waals surface area contributed by atoms with E-state index in [0.717, 1.165) is 44.7 Å². The van der Waals surface area contributed by atoms with Gasteiger partial charge < -0.3 is 24.3 Å². The van der Waals surface area contributed by atoms with Crippen LogP contribution in [-0.4, -0.2) is 99.1 Å². The van der Waals surface area contributed by atoms with Crippen molar-refractivity contribution in [2.24, 2.45) is 4.58 Å². The Hall–Kier alpha value is -3.94. The van der Waals surface area contributed by atoms with Crippen LogP contribution in [0.25, 0.3) is 6.08 Å². The van der Waals surface area contributed by atoms with Gasteiger partial charge in [-0.1, -0.05) is 18.2 Å². The van der Waals surface area contributed by atoms with Crippen molar-refractivity contribution >= 4 is 41.6 Å². The standard InChI is InChI=1S/C30H38N4O8S/c1-30(2,43-32-38)21-34-15-13-33(14-16-34)17-18-41-28(36)20-42-29(37)23-7-5-6-8-24(23)31-27(35)12-10-22-9-11-25(39-3)26(19-22)40-4/h5-12,19H,13-18,20-21H2,1-4H3,(H,31,35)/b12-10+. The number of carbonyl (C=O) groups is 3. The minimum Gasteiger partial charge on any atom is -0.493 e. The Labute approximate surface area is 255 Å². The quantitative estimate of drug-likeness (QED) is 0.136. The van der Waals surface area contributed by atoms with E-state index in [1.165, 1.54) is 26.4 Å². The van der Waals surface area contributed by atoms with Gasteiger partial charge >= 0.3 is 11.9 Å². The summed E-state index contributed by atoms with van der Waals surface area (Å²) in [5.41, 5.74) is 1.06. The Morgan fingerprint density at radius 2 is 1.67 bits per heavy atom. The molecule has 0 bridgehead atoms. The number of ether oxygens (including phenoxy) is 4. The summed E-state index contributed by atoms with van der Waals surface area (Å²) in [5, 5.41) is 2.67. The summed E-state index contributed by atoms with van der Waals surface area (Å²) < 4.78 is 23.6. The average Bonchev–Trinajstić information content (AvgIpc) is 2.99. The molecule has 2 aromatic rings. The number of nitrogens with one attached hydrogen (secondary N) is 1. The second kappa shape index (κ2) is 16.6. The molecule has 1 saturated heterocycles. The minimum absolute atomic E-state index is 0.103. The third-order valence-electron chi connectivity index (χ3n) is 6.58. The lowest BCUT2D eigenvalue weighted by Crippen LogP contribution is -2.50. The number of benzene rings is 2. The largest absolute Gasteiger partial charge is 0.493 e. The number of para-hydroxylation sites is 1. The minimum atomic E-state index is -0.765. The SMILES string of the molecule is COc1ccc(/C=C/C(=O)Nc2ccccc2C(=O)OCC(=O)OCCN2CCN(CC(C)(C)SN=O)CC2)cc1OC. The first-order chi connectivity index (χ1) is 20.6. The fourth-order valence-corrected chi connectivity index (χ4v) is 4.89. The lowest BCUT2D eigenvalue weighted by molar-refractivity contribution is -0.147. The highest BCUT2D eigenvalue weighted by molar-refractivity contribution is 7.99. The lowest BCUT2D eigenvalue weighted by Gasteiger charge is -2.37. The molecule has 0 saturated carbocycles. The van der Waals surface area contributed by atoms with Crippen molar-refractivity contribution in [1.29, 1.82) is 0 Å². The maximum absolute atomic E-state index is 12.7. The first-order valence-corrected chi connectivity index (χ1v) is 14.5. The van der Waals surface area contributed by atoms with Gasteiger partial charge in [-0.3, -0.25) is 14.6 Å². The van der Waals surface area contributed by atoms with E-state index in [4.69, 9.17) is 18.9 Å². The molecule has 1 amide bonds. The second-order valence-corrected chi connectivity index (χ2v) is 11.8. The van der Waals surface area contributed by atoms with Crippen molar-refractivity contribution in [3.8, 4) is 11.5 Å². The molecule has 1 fully saturated rings. The molecule has 0 spiro atoms. The van der Waals surface area contributed by atoms with E-state index in [0.29, 0.717) is 23.6 Å². The van der Waals surface area contributed by atoms with Gasteiger partial charge in [-0.2, -0.15) is 0 Å². The van der Waals surface area contributed by atoms with Crippen LogP contribution in [0.4, 0.5) is 5.69 Å². The second-order valence-electron chi connectivity index (χ2n) is 10.3. The van der Waals surface area contributed by atoms with E-state index in [9.17, 15) is 19.3 Å². The molecule has 1 aliphatic rings. The lowest BCUT2D eigenvalue weighted by atomic mass is 10.1. The fourth-order valence-electron chi connectivity index (χ4n) is 4.44. The Bertz CT molecular complexity index is 1290. The third kappa shape index (κ3) is 11.0. The number of rotatable bonds is 15. The number of nitrogens with zero attached hydrogens (tertiary/aromatic N) is 3. The third-order valence-corrected chi connectivity index (χ3v) is 7.28. The maximum atomic E-state index is 12.7. The summed E-state index contributed by atoms with van der Waals surface area (Å²) in [7, 11) is 3.06. The van der Waals surface area contributed by atoms with E-state index in [1.54, 1.807) is 42.5 Å². The molecule has 43 heavy (non-hydrogen) atoms. The molecule has 12 nitrogen and oxygen atoms in total. The topological polar surface area (TPSA) is 136 Å². The van der Waals surface area contributed by atoms with E-state index < -0.39 is 24.5 Å². The molecule has 2 aromatic carbocycles. The van der Waals surface area contributed by atoms with Gasteiger partial charge in [0.2, 0.25) is 5.91 Å². The molecular weight excluding hydrogens is 576 g/mol. The molecule has 13 heteroatoms. The Balaban J connectivity index is 1.41. The number of anilines is 1. The number of amides is 1. The van der Waals surface area contributed by atoms with Gasteiger partial charge in [0.25, 0.3) is 0 Å². The summed E-state index contributed by atoms with van der Waals surface area (Å²) in [5.74, 6) is -0.791. The molecule has 0 atom stereocenters. The van der Waals surface area contributed by atoms with E-state index in [2.05, 4.69) is 19.7 Å². The summed E-state index contributed by atoms with van der Waals surface area (Å²) in [6, 6.07) is 11.6. The highest BCUT2D eigenvalue weighted by atomic mass is 32.2. The number of esters is 2. The summed E-state index contributed by atoms with van der Waals surface area (Å²) in [6.07, 6.45) is 2.92. The molecule has 1 N–H and O–H groups in total. The van der Waals surface area contributed by atoms with Gasteiger partial charge in [0.05, 0.1) is 25.5 Å². The molecule has 0 radical (unpaired) electrons. The van der Waals surface area contributed by atoms with Crippen LogP contribution in [0.3, 0.4) is 0 Å². The Morgan fingerprint density at radius 1 is 0.977 bits per heavy atom. The van der Waals surface area contributed by atoms with Gasteiger partial charge in [-0.15, -0.1) is 4.91 Å². The number of hydrogen-bond donors (Lipinski definition) is 1. The van der Waals surface area contributed by atoms with Gasteiger partial charge in [0, 0.05) is 66.6 Å². The molecule has 0 unspecified atom stereocenters. The maximum Gasteiger partial charge on any atom is 0.344 e. The summed E-state index contributed by atoms with van der Waals surface area (Å²) in [6.45, 7) is 8.25. The first kappa shape index (κ1) is 33.6. The van der Waals surface area contributed by atoms with Crippen molar-refractivity contribution in [2.75, 3.05) is 72.0 Å². The number of hydrogen-bond acceptors (Lipinski definition) is 12. The van der Waals surface area contributed by atoms with Crippen LogP contribution < -0.4 is 14.8 Å². The number of methoxy groups -OCH3 is 2. The van der Waals surface area contributed by atoms with Crippen LogP contribution in [-0.2, 0) is 19.1 Å². The van der Waals surface area contributed by atoms with Crippen LogP contribution in [0.15, 0.2) is 53.1 Å². The molecule has 1 heterocycles. The predicted octanol–water partition coefficient (Wildman–Crippen LogP) is 3.87. The fraction of sp³-hybridized carbons (Fsp3) is 0.433. The molecule has 1 aliphatic heterocycles. The van der Waals surface area contributed by atoms with Crippen molar-refractivity contribution < 1.29 is 33.3 Å². The van der Waals surface area contributed by atoms with Crippen LogP contribution in [0.1, 0.15) is 29.8 Å². The molecule has 232 valence electrons.